The van der Waals surface area contributed by atoms with Gasteiger partial charge in [-0.1, -0.05) is 20.3 Å². The number of amides is 1. The predicted molar refractivity (Wildman–Crippen MR) is 92.3 cm³/mol. The number of nitrogens with zero attached hydrogens (tertiary/aromatic N) is 2. The van der Waals surface area contributed by atoms with Crippen LogP contribution in [0.2, 0.25) is 0 Å². The Hall–Kier alpha value is -0.610. The van der Waals surface area contributed by atoms with Crippen molar-refractivity contribution in [3.8, 4) is 0 Å². The predicted octanol–water partition coefficient (Wildman–Crippen LogP) is 2.77. The molecule has 4 nitrogen and oxygen atoms in total. The molecule has 3 aliphatic heterocycles. The molecule has 0 unspecified atom stereocenters. The van der Waals surface area contributed by atoms with Crippen LogP contribution in [0.25, 0.3) is 0 Å². The lowest BCUT2D eigenvalue weighted by molar-refractivity contribution is -0.144. The second-order valence-electron chi connectivity index (χ2n) is 8.38. The standard InChI is InChI=1S/C19H34N2O2/c1-19(2,17-7-12-23-13-8-17)18(22)21-11-6-16(15-21)14-20-9-4-3-5-10-20/h16-17H,3-15H2,1-2H3/t16-/m0/s1. The van der Waals surface area contributed by atoms with Crippen LogP contribution in [0.1, 0.15) is 52.4 Å². The Morgan fingerprint density at radius 3 is 2.43 bits per heavy atom. The highest BCUT2D eigenvalue weighted by Crippen LogP contribution is 2.37. The lowest BCUT2D eigenvalue weighted by Gasteiger charge is -2.38. The van der Waals surface area contributed by atoms with E-state index in [1.165, 1.54) is 45.3 Å². The van der Waals surface area contributed by atoms with E-state index in [1.807, 2.05) is 0 Å². The van der Waals surface area contributed by atoms with Crippen molar-refractivity contribution in [2.45, 2.75) is 52.4 Å². The molecular weight excluding hydrogens is 288 g/mol. The fraction of sp³-hybridized carbons (Fsp3) is 0.947. The summed E-state index contributed by atoms with van der Waals surface area (Å²) in [5.41, 5.74) is -0.232. The van der Waals surface area contributed by atoms with Crippen LogP contribution in [0, 0.1) is 17.3 Å². The van der Waals surface area contributed by atoms with Gasteiger partial charge in [0.15, 0.2) is 0 Å². The minimum absolute atomic E-state index is 0.232. The van der Waals surface area contributed by atoms with E-state index in [1.54, 1.807) is 0 Å². The second-order valence-corrected chi connectivity index (χ2v) is 8.38. The lowest BCUT2D eigenvalue weighted by Crippen LogP contribution is -2.45. The molecule has 3 saturated heterocycles. The largest absolute Gasteiger partial charge is 0.381 e. The molecule has 0 saturated carbocycles. The van der Waals surface area contributed by atoms with Crippen LogP contribution in [0.5, 0.6) is 0 Å². The van der Waals surface area contributed by atoms with E-state index in [9.17, 15) is 4.79 Å². The summed E-state index contributed by atoms with van der Waals surface area (Å²) >= 11 is 0. The highest BCUT2D eigenvalue weighted by molar-refractivity contribution is 5.82. The molecule has 23 heavy (non-hydrogen) atoms. The van der Waals surface area contributed by atoms with Gasteiger partial charge in [0.2, 0.25) is 5.91 Å². The third-order valence-corrected chi connectivity index (χ3v) is 6.33. The van der Waals surface area contributed by atoms with E-state index in [-0.39, 0.29) is 5.41 Å². The molecule has 3 fully saturated rings. The molecule has 1 atom stereocenters. The topological polar surface area (TPSA) is 32.8 Å². The van der Waals surface area contributed by atoms with E-state index in [2.05, 4.69) is 23.6 Å². The van der Waals surface area contributed by atoms with E-state index in [4.69, 9.17) is 4.74 Å². The Morgan fingerprint density at radius 1 is 1.04 bits per heavy atom. The Kier molecular flexibility index (Phi) is 5.63. The molecule has 3 aliphatic rings. The minimum atomic E-state index is -0.232. The number of carbonyl (C=O) groups is 1. The van der Waals surface area contributed by atoms with Crippen LogP contribution < -0.4 is 0 Å². The van der Waals surface area contributed by atoms with Gasteiger partial charge < -0.3 is 14.5 Å². The monoisotopic (exact) mass is 322 g/mol. The van der Waals surface area contributed by atoms with E-state index < -0.39 is 0 Å². The van der Waals surface area contributed by atoms with Gasteiger partial charge in [0.05, 0.1) is 0 Å². The Morgan fingerprint density at radius 2 is 1.74 bits per heavy atom. The van der Waals surface area contributed by atoms with Gasteiger partial charge in [-0.25, -0.2) is 0 Å². The molecule has 3 heterocycles. The first-order chi connectivity index (χ1) is 11.1. The second kappa shape index (κ2) is 7.52. The van der Waals surface area contributed by atoms with Crippen LogP contribution >= 0.6 is 0 Å². The molecule has 3 rings (SSSR count). The number of hydrogen-bond acceptors (Lipinski definition) is 3. The maximum Gasteiger partial charge on any atom is 0.228 e. The smallest absolute Gasteiger partial charge is 0.228 e. The lowest BCUT2D eigenvalue weighted by atomic mass is 9.73. The zero-order chi connectivity index (χ0) is 16.3. The number of carbonyl (C=O) groups excluding carboxylic acids is 1. The average molecular weight is 322 g/mol. The van der Waals surface area contributed by atoms with E-state index in [0.717, 1.165) is 39.1 Å². The van der Waals surface area contributed by atoms with Crippen molar-refractivity contribution in [3.63, 3.8) is 0 Å². The number of piperidine rings is 1. The summed E-state index contributed by atoms with van der Waals surface area (Å²) in [5, 5.41) is 0. The van der Waals surface area contributed by atoms with Gasteiger partial charge in [-0.05, 0) is 57.0 Å². The molecule has 0 aromatic carbocycles. The van der Waals surface area contributed by atoms with Gasteiger partial charge in [0, 0.05) is 38.3 Å². The van der Waals surface area contributed by atoms with Crippen molar-refractivity contribution in [1.29, 1.82) is 0 Å². The Labute approximate surface area is 141 Å². The third-order valence-electron chi connectivity index (χ3n) is 6.33. The SMILES string of the molecule is CC(C)(C(=O)N1CC[C@@H](CN2CCCCC2)C1)C1CCOCC1. The van der Waals surface area contributed by atoms with Crippen LogP contribution in [0.15, 0.2) is 0 Å². The molecule has 1 amide bonds. The molecule has 0 aromatic heterocycles. The molecule has 0 bridgehead atoms. The molecule has 4 heteroatoms. The van der Waals surface area contributed by atoms with Gasteiger partial charge in [-0.2, -0.15) is 0 Å². The summed E-state index contributed by atoms with van der Waals surface area (Å²) in [6, 6.07) is 0. The van der Waals surface area contributed by atoms with Gasteiger partial charge in [0.25, 0.3) is 0 Å². The number of hydrogen-bond donors (Lipinski definition) is 0. The van der Waals surface area contributed by atoms with Gasteiger partial charge in [0.1, 0.15) is 0 Å². The summed E-state index contributed by atoms with van der Waals surface area (Å²) in [4.78, 5) is 17.8. The van der Waals surface area contributed by atoms with Crippen molar-refractivity contribution >= 4 is 5.91 Å². The fourth-order valence-corrected chi connectivity index (χ4v) is 4.67. The van der Waals surface area contributed by atoms with Crippen molar-refractivity contribution in [1.82, 2.24) is 9.80 Å². The molecule has 0 aromatic rings. The van der Waals surface area contributed by atoms with Crippen molar-refractivity contribution < 1.29 is 9.53 Å². The van der Waals surface area contributed by atoms with Crippen LogP contribution in [0.3, 0.4) is 0 Å². The van der Waals surface area contributed by atoms with E-state index in [0.29, 0.717) is 17.7 Å². The highest BCUT2D eigenvalue weighted by Gasteiger charge is 2.41. The molecule has 132 valence electrons. The fourth-order valence-electron chi connectivity index (χ4n) is 4.67. The maximum absolute atomic E-state index is 13.1. The normalized spacial score (nSPS) is 28.3. The van der Waals surface area contributed by atoms with Crippen LogP contribution in [0.4, 0.5) is 0 Å². The van der Waals surface area contributed by atoms with Crippen molar-refractivity contribution in [3.05, 3.63) is 0 Å². The van der Waals surface area contributed by atoms with Crippen LogP contribution in [-0.2, 0) is 9.53 Å². The number of likely N-dealkylation sites (tertiary alicyclic amines) is 2. The average Bonchev–Trinajstić information content (AvgIpc) is 3.04. The minimum Gasteiger partial charge on any atom is -0.381 e. The molecule has 0 radical (unpaired) electrons. The summed E-state index contributed by atoms with van der Waals surface area (Å²) < 4.78 is 5.47. The van der Waals surface area contributed by atoms with Gasteiger partial charge >= 0.3 is 0 Å². The quantitative estimate of drug-likeness (QED) is 0.798. The molecule has 0 N–H and O–H groups in total. The van der Waals surface area contributed by atoms with Crippen LogP contribution in [-0.4, -0.2) is 61.6 Å². The summed E-state index contributed by atoms with van der Waals surface area (Å²) in [6.45, 7) is 11.6. The third kappa shape index (κ3) is 4.08. The van der Waals surface area contributed by atoms with E-state index >= 15 is 0 Å². The Balaban J connectivity index is 1.51. The Bertz CT molecular complexity index is 398. The summed E-state index contributed by atoms with van der Waals surface area (Å²) in [6.07, 6.45) is 7.35. The van der Waals surface area contributed by atoms with Crippen molar-refractivity contribution in [2.75, 3.05) is 45.9 Å². The van der Waals surface area contributed by atoms with Crippen molar-refractivity contribution in [2.24, 2.45) is 17.3 Å². The summed E-state index contributed by atoms with van der Waals surface area (Å²) in [7, 11) is 0. The molecular formula is C19H34N2O2. The molecule has 0 aliphatic carbocycles. The van der Waals surface area contributed by atoms with Gasteiger partial charge in [-0.15, -0.1) is 0 Å². The number of ether oxygens (including phenoxy) is 1. The first-order valence-corrected chi connectivity index (χ1v) is 9.67. The van der Waals surface area contributed by atoms with Gasteiger partial charge in [-0.3, -0.25) is 4.79 Å². The number of rotatable bonds is 4. The maximum atomic E-state index is 13.1. The highest BCUT2D eigenvalue weighted by atomic mass is 16.5. The first-order valence-electron chi connectivity index (χ1n) is 9.67. The molecule has 0 spiro atoms. The first kappa shape index (κ1) is 17.2. The summed E-state index contributed by atoms with van der Waals surface area (Å²) in [5.74, 6) is 1.54. The zero-order valence-corrected chi connectivity index (χ0v) is 15.1. The zero-order valence-electron chi connectivity index (χ0n) is 15.1.